The van der Waals surface area contributed by atoms with E-state index in [1.165, 1.54) is 32.5 Å². The Morgan fingerprint density at radius 3 is 2.27 bits per heavy atom. The van der Waals surface area contributed by atoms with Crippen molar-refractivity contribution in [3.8, 4) is 5.75 Å². The van der Waals surface area contributed by atoms with Gasteiger partial charge in [-0.1, -0.05) is 0 Å². The molecule has 1 unspecified atom stereocenters. The van der Waals surface area contributed by atoms with Gasteiger partial charge in [0.15, 0.2) is 23.7 Å². The molecule has 8 nitrogen and oxygen atoms in total. The number of hydrogen-bond donors (Lipinski definition) is 0. The summed E-state index contributed by atoms with van der Waals surface area (Å²) in [6.07, 6.45) is -1.13. The molecule has 142 valence electrons. The first-order valence-corrected chi connectivity index (χ1v) is 9.52. The Kier molecular flexibility index (Phi) is 7.27. The van der Waals surface area contributed by atoms with Gasteiger partial charge in [-0.3, -0.25) is 14.4 Å². The minimum atomic E-state index is -0.975. The maximum Gasteiger partial charge on any atom is 0.303 e. The van der Waals surface area contributed by atoms with Crippen LogP contribution in [0.5, 0.6) is 5.75 Å². The summed E-state index contributed by atoms with van der Waals surface area (Å²) in [7, 11) is 0. The molecule has 0 saturated carbocycles. The number of rotatable bonds is 5. The molecule has 1 fully saturated rings. The second kappa shape index (κ2) is 9.22. The van der Waals surface area contributed by atoms with Crippen LogP contribution in [0.3, 0.4) is 0 Å². The second-order valence-corrected chi connectivity index (χ2v) is 7.37. The standard InChI is InChI=1S/C16H18BrNO7S/c1-8(19)22-12-7-26-16(25-11-4-5-18-13(17)6-11)15(24-10(3)21)14(12)23-9(2)20/h4-6,12,14-16H,7H2,1-3H3/t12-,14+,15-,16?/m1/s1. The fraction of sp³-hybridized carbons (Fsp3) is 0.500. The van der Waals surface area contributed by atoms with Crippen molar-refractivity contribution < 1.29 is 33.3 Å². The van der Waals surface area contributed by atoms with Crippen molar-refractivity contribution in [1.29, 1.82) is 0 Å². The van der Waals surface area contributed by atoms with Gasteiger partial charge >= 0.3 is 17.9 Å². The monoisotopic (exact) mass is 447 g/mol. The highest BCUT2D eigenvalue weighted by Crippen LogP contribution is 2.34. The highest BCUT2D eigenvalue weighted by Gasteiger charge is 2.47. The zero-order chi connectivity index (χ0) is 19.3. The molecule has 0 radical (unpaired) electrons. The molecule has 0 amide bonds. The highest BCUT2D eigenvalue weighted by molar-refractivity contribution is 9.10. The molecule has 1 saturated heterocycles. The van der Waals surface area contributed by atoms with Gasteiger partial charge < -0.3 is 18.9 Å². The number of halogens is 1. The third-order valence-electron chi connectivity index (χ3n) is 3.25. The smallest absolute Gasteiger partial charge is 0.303 e. The maximum atomic E-state index is 11.6. The minimum Gasteiger partial charge on any atom is -0.476 e. The van der Waals surface area contributed by atoms with E-state index < -0.39 is 41.7 Å². The number of carbonyl (C=O) groups is 3. The van der Waals surface area contributed by atoms with Gasteiger partial charge in [0.25, 0.3) is 0 Å². The highest BCUT2D eigenvalue weighted by atomic mass is 79.9. The normalized spacial score (nSPS) is 25.1. The molecule has 0 N–H and O–H groups in total. The Balaban J connectivity index is 2.27. The number of nitrogens with zero attached hydrogens (tertiary/aromatic N) is 1. The summed E-state index contributed by atoms with van der Waals surface area (Å²) in [5.41, 5.74) is -0.663. The zero-order valence-electron chi connectivity index (χ0n) is 14.3. The summed E-state index contributed by atoms with van der Waals surface area (Å²) < 4.78 is 22.4. The van der Waals surface area contributed by atoms with E-state index in [1.54, 1.807) is 18.3 Å². The van der Waals surface area contributed by atoms with Gasteiger partial charge in [0.1, 0.15) is 10.4 Å². The summed E-state index contributed by atoms with van der Waals surface area (Å²) in [6, 6.07) is 3.31. The maximum absolute atomic E-state index is 11.6. The van der Waals surface area contributed by atoms with E-state index in [4.69, 9.17) is 18.9 Å². The zero-order valence-corrected chi connectivity index (χ0v) is 16.7. The van der Waals surface area contributed by atoms with Crippen LogP contribution < -0.4 is 4.74 Å². The van der Waals surface area contributed by atoms with Crippen molar-refractivity contribution in [3.05, 3.63) is 22.9 Å². The lowest BCUT2D eigenvalue weighted by molar-refractivity contribution is -0.186. The van der Waals surface area contributed by atoms with Crippen molar-refractivity contribution in [2.24, 2.45) is 0 Å². The first kappa shape index (κ1) is 20.5. The van der Waals surface area contributed by atoms with Crippen LogP contribution >= 0.6 is 27.7 Å². The Hall–Kier alpha value is -1.81. The van der Waals surface area contributed by atoms with Crippen molar-refractivity contribution in [1.82, 2.24) is 4.98 Å². The molecule has 0 bridgehead atoms. The largest absolute Gasteiger partial charge is 0.476 e. The Labute approximate surface area is 163 Å². The molecule has 1 aromatic rings. The van der Waals surface area contributed by atoms with Gasteiger partial charge in [-0.2, -0.15) is 0 Å². The first-order chi connectivity index (χ1) is 12.3. The predicted octanol–water partition coefficient (Wildman–Crippen LogP) is 2.09. The van der Waals surface area contributed by atoms with Gasteiger partial charge in [-0.25, -0.2) is 4.98 Å². The van der Waals surface area contributed by atoms with Crippen LogP contribution in [0.2, 0.25) is 0 Å². The second-order valence-electron chi connectivity index (χ2n) is 5.43. The summed E-state index contributed by atoms with van der Waals surface area (Å²) >= 11 is 4.54. The van der Waals surface area contributed by atoms with E-state index >= 15 is 0 Å². The van der Waals surface area contributed by atoms with Gasteiger partial charge in [0.2, 0.25) is 0 Å². The van der Waals surface area contributed by atoms with Crippen LogP contribution in [-0.4, -0.2) is 52.4 Å². The third-order valence-corrected chi connectivity index (χ3v) is 4.90. The number of pyridine rings is 1. The van der Waals surface area contributed by atoms with Crippen LogP contribution in [0.25, 0.3) is 0 Å². The Bertz CT molecular complexity index is 686. The van der Waals surface area contributed by atoms with Crippen LogP contribution in [0.4, 0.5) is 0 Å². The summed E-state index contributed by atoms with van der Waals surface area (Å²) in [6.45, 7) is 3.73. The van der Waals surface area contributed by atoms with Crippen LogP contribution in [0.15, 0.2) is 22.9 Å². The molecule has 2 rings (SSSR count). The third kappa shape index (κ3) is 5.87. The molecule has 0 aromatic carbocycles. The molecule has 0 spiro atoms. The number of thioether (sulfide) groups is 1. The fourth-order valence-electron chi connectivity index (χ4n) is 2.40. The molecule has 1 aliphatic rings. The topological polar surface area (TPSA) is 101 Å². The van der Waals surface area contributed by atoms with Gasteiger partial charge in [-0.05, 0) is 22.0 Å². The Morgan fingerprint density at radius 2 is 1.69 bits per heavy atom. The minimum absolute atomic E-state index is 0.312. The number of hydrogen-bond acceptors (Lipinski definition) is 9. The molecular weight excluding hydrogens is 430 g/mol. The molecule has 1 aromatic heterocycles. The van der Waals surface area contributed by atoms with Gasteiger partial charge in [-0.15, -0.1) is 11.8 Å². The van der Waals surface area contributed by atoms with Crippen molar-refractivity contribution in [2.45, 2.75) is 44.5 Å². The van der Waals surface area contributed by atoms with E-state index in [-0.39, 0.29) is 0 Å². The summed E-state index contributed by atoms with van der Waals surface area (Å²) in [5, 5.41) is 0. The Morgan fingerprint density at radius 1 is 1.08 bits per heavy atom. The van der Waals surface area contributed by atoms with Crippen molar-refractivity contribution >= 4 is 45.6 Å². The number of aromatic nitrogens is 1. The van der Waals surface area contributed by atoms with E-state index in [0.717, 1.165) is 0 Å². The SMILES string of the molecule is CC(=O)O[C@H]1[C@H](OC(C)=O)CSC(Oc2ccnc(Br)c2)[C@@H]1OC(C)=O. The van der Waals surface area contributed by atoms with E-state index in [2.05, 4.69) is 20.9 Å². The van der Waals surface area contributed by atoms with Crippen LogP contribution in [-0.2, 0) is 28.6 Å². The first-order valence-electron chi connectivity index (χ1n) is 7.67. The predicted molar refractivity (Wildman–Crippen MR) is 95.5 cm³/mol. The number of ether oxygens (including phenoxy) is 4. The average molecular weight is 448 g/mol. The number of carbonyl (C=O) groups excluding carboxylic acids is 3. The summed E-state index contributed by atoms with van der Waals surface area (Å²) in [5.74, 6) is -0.866. The number of esters is 3. The van der Waals surface area contributed by atoms with Crippen molar-refractivity contribution in [2.75, 3.05) is 5.75 Å². The molecule has 26 heavy (non-hydrogen) atoms. The lowest BCUT2D eigenvalue weighted by Crippen LogP contribution is -2.55. The lowest BCUT2D eigenvalue weighted by atomic mass is 10.1. The quantitative estimate of drug-likeness (QED) is 0.381. The van der Waals surface area contributed by atoms with E-state index in [0.29, 0.717) is 16.1 Å². The van der Waals surface area contributed by atoms with E-state index in [9.17, 15) is 14.4 Å². The van der Waals surface area contributed by atoms with Crippen LogP contribution in [0, 0.1) is 0 Å². The molecule has 10 heteroatoms. The molecule has 2 heterocycles. The lowest BCUT2D eigenvalue weighted by Gasteiger charge is -2.39. The summed E-state index contributed by atoms with van der Waals surface area (Å²) in [4.78, 5) is 38.5. The molecule has 0 aliphatic carbocycles. The van der Waals surface area contributed by atoms with Gasteiger partial charge in [0.05, 0.1) is 0 Å². The fourth-order valence-corrected chi connectivity index (χ4v) is 3.96. The van der Waals surface area contributed by atoms with Gasteiger partial charge in [0, 0.05) is 38.8 Å². The van der Waals surface area contributed by atoms with Crippen LogP contribution in [0.1, 0.15) is 20.8 Å². The van der Waals surface area contributed by atoms with Crippen molar-refractivity contribution in [3.63, 3.8) is 0 Å². The molecular formula is C16H18BrNO7S. The molecule has 4 atom stereocenters. The van der Waals surface area contributed by atoms with E-state index in [1.807, 2.05) is 0 Å². The molecule has 1 aliphatic heterocycles. The average Bonchev–Trinajstić information content (AvgIpc) is 2.51.